The van der Waals surface area contributed by atoms with Crippen molar-refractivity contribution in [2.75, 3.05) is 25.6 Å². The van der Waals surface area contributed by atoms with E-state index in [1.54, 1.807) is 7.11 Å². The molecule has 0 saturated heterocycles. The molecule has 0 radical (unpaired) electrons. The van der Waals surface area contributed by atoms with E-state index in [0.717, 1.165) is 41.8 Å². The molecule has 2 aromatic carbocycles. The van der Waals surface area contributed by atoms with E-state index in [9.17, 15) is 4.79 Å². The lowest BCUT2D eigenvalue weighted by molar-refractivity contribution is -0.119. The van der Waals surface area contributed by atoms with E-state index in [1.165, 1.54) is 11.1 Å². The van der Waals surface area contributed by atoms with Gasteiger partial charge in [0.15, 0.2) is 0 Å². The molecule has 1 amide bonds. The van der Waals surface area contributed by atoms with E-state index in [2.05, 4.69) is 16.7 Å². The van der Waals surface area contributed by atoms with Crippen molar-refractivity contribution in [3.05, 3.63) is 58.7 Å². The summed E-state index contributed by atoms with van der Waals surface area (Å²) in [6.45, 7) is 4.06. The number of amides is 1. The number of rotatable bonds is 9. The predicted octanol–water partition coefficient (Wildman–Crippen LogP) is 3.45. The van der Waals surface area contributed by atoms with Gasteiger partial charge in [0.2, 0.25) is 5.91 Å². The van der Waals surface area contributed by atoms with Crippen molar-refractivity contribution in [3.8, 4) is 5.75 Å². The van der Waals surface area contributed by atoms with Crippen molar-refractivity contribution in [1.82, 2.24) is 5.32 Å². The van der Waals surface area contributed by atoms with Gasteiger partial charge in [-0.3, -0.25) is 4.79 Å². The number of nitrogens with one attached hydrogen (secondary N) is 2. The standard InChI is InChI=1S/C22H28N2O3/c1-3-27-15-17-9-7-16(8-10-17)13-23-21(25)14-24-22-19-6-4-5-18(19)11-12-20(22)26-2/h7-12,24H,3-6,13-15H2,1-2H3,(H,23,25). The van der Waals surface area contributed by atoms with Gasteiger partial charge >= 0.3 is 0 Å². The van der Waals surface area contributed by atoms with E-state index < -0.39 is 0 Å². The summed E-state index contributed by atoms with van der Waals surface area (Å²) in [6, 6.07) is 12.2. The predicted molar refractivity (Wildman–Crippen MR) is 107 cm³/mol. The van der Waals surface area contributed by atoms with E-state index in [-0.39, 0.29) is 12.5 Å². The molecule has 0 aromatic heterocycles. The minimum Gasteiger partial charge on any atom is -0.495 e. The van der Waals surface area contributed by atoms with Crippen LogP contribution in [0.2, 0.25) is 0 Å². The lowest BCUT2D eigenvalue weighted by Gasteiger charge is -2.15. The zero-order chi connectivity index (χ0) is 19.1. The molecule has 0 unspecified atom stereocenters. The highest BCUT2D eigenvalue weighted by Crippen LogP contribution is 2.36. The highest BCUT2D eigenvalue weighted by Gasteiger charge is 2.18. The average Bonchev–Trinajstić information content (AvgIpc) is 3.18. The molecule has 2 aromatic rings. The number of aryl methyl sites for hydroxylation is 1. The normalized spacial score (nSPS) is 12.5. The van der Waals surface area contributed by atoms with Gasteiger partial charge in [-0.2, -0.15) is 0 Å². The third-order valence-electron chi connectivity index (χ3n) is 4.88. The second kappa shape index (κ2) is 9.42. The molecular formula is C22H28N2O3. The maximum atomic E-state index is 12.3. The summed E-state index contributed by atoms with van der Waals surface area (Å²) in [5.74, 6) is 0.763. The van der Waals surface area contributed by atoms with Crippen molar-refractivity contribution >= 4 is 11.6 Å². The van der Waals surface area contributed by atoms with Gasteiger partial charge in [-0.25, -0.2) is 0 Å². The first-order chi connectivity index (χ1) is 13.2. The molecule has 144 valence electrons. The quantitative estimate of drug-likeness (QED) is 0.712. The Morgan fingerprint density at radius 1 is 1.07 bits per heavy atom. The van der Waals surface area contributed by atoms with Crippen LogP contribution in [-0.4, -0.2) is 26.2 Å². The van der Waals surface area contributed by atoms with Crippen LogP contribution in [0, 0.1) is 0 Å². The lowest BCUT2D eigenvalue weighted by atomic mass is 10.1. The summed E-state index contributed by atoms with van der Waals surface area (Å²) in [4.78, 5) is 12.3. The number of methoxy groups -OCH3 is 1. The Morgan fingerprint density at radius 2 is 1.85 bits per heavy atom. The largest absolute Gasteiger partial charge is 0.495 e. The number of hydrogen-bond acceptors (Lipinski definition) is 4. The van der Waals surface area contributed by atoms with Crippen LogP contribution in [0.1, 0.15) is 35.6 Å². The van der Waals surface area contributed by atoms with Gasteiger partial charge in [0.1, 0.15) is 5.75 Å². The van der Waals surface area contributed by atoms with Crippen molar-refractivity contribution in [1.29, 1.82) is 0 Å². The maximum Gasteiger partial charge on any atom is 0.239 e. The second-order valence-corrected chi connectivity index (χ2v) is 6.72. The van der Waals surface area contributed by atoms with Crippen LogP contribution in [0.5, 0.6) is 5.75 Å². The fraction of sp³-hybridized carbons (Fsp3) is 0.409. The molecular weight excluding hydrogens is 340 g/mol. The molecule has 3 rings (SSSR count). The second-order valence-electron chi connectivity index (χ2n) is 6.72. The van der Waals surface area contributed by atoms with Gasteiger partial charge in [-0.1, -0.05) is 30.3 Å². The molecule has 27 heavy (non-hydrogen) atoms. The zero-order valence-electron chi connectivity index (χ0n) is 16.1. The number of carbonyl (C=O) groups excluding carboxylic acids is 1. The monoisotopic (exact) mass is 368 g/mol. The number of carbonyl (C=O) groups is 1. The summed E-state index contributed by atoms with van der Waals surface area (Å²) >= 11 is 0. The van der Waals surface area contributed by atoms with Gasteiger partial charge in [-0.15, -0.1) is 0 Å². The van der Waals surface area contributed by atoms with Crippen LogP contribution in [0.15, 0.2) is 36.4 Å². The van der Waals surface area contributed by atoms with Crippen LogP contribution >= 0.6 is 0 Å². The highest BCUT2D eigenvalue weighted by molar-refractivity contribution is 5.82. The van der Waals surface area contributed by atoms with Crippen LogP contribution in [-0.2, 0) is 35.5 Å². The molecule has 0 aliphatic heterocycles. The summed E-state index contributed by atoms with van der Waals surface area (Å²) in [6.07, 6.45) is 3.28. The first-order valence-corrected chi connectivity index (χ1v) is 9.56. The molecule has 0 bridgehead atoms. The van der Waals surface area contributed by atoms with Crippen LogP contribution in [0.3, 0.4) is 0 Å². The Kier molecular flexibility index (Phi) is 6.71. The molecule has 2 N–H and O–H groups in total. The molecule has 5 nitrogen and oxygen atoms in total. The zero-order valence-corrected chi connectivity index (χ0v) is 16.1. The highest BCUT2D eigenvalue weighted by atomic mass is 16.5. The molecule has 0 atom stereocenters. The van der Waals surface area contributed by atoms with Crippen LogP contribution in [0.4, 0.5) is 5.69 Å². The molecule has 0 heterocycles. The van der Waals surface area contributed by atoms with Crippen molar-refractivity contribution in [2.24, 2.45) is 0 Å². The molecule has 0 saturated carbocycles. The Morgan fingerprint density at radius 3 is 2.59 bits per heavy atom. The summed E-state index contributed by atoms with van der Waals surface area (Å²) in [5, 5.41) is 6.24. The van der Waals surface area contributed by atoms with Gasteiger partial charge in [-0.05, 0) is 54.5 Å². The first kappa shape index (κ1) is 19.2. The van der Waals surface area contributed by atoms with Crippen molar-refractivity contribution in [2.45, 2.75) is 39.3 Å². The Bertz CT molecular complexity index is 772. The number of ether oxygens (including phenoxy) is 2. The molecule has 0 fully saturated rings. The van der Waals surface area contributed by atoms with Crippen LogP contribution < -0.4 is 15.4 Å². The lowest BCUT2D eigenvalue weighted by Crippen LogP contribution is -2.29. The van der Waals surface area contributed by atoms with Gasteiger partial charge in [0, 0.05) is 13.2 Å². The van der Waals surface area contributed by atoms with Crippen molar-refractivity contribution < 1.29 is 14.3 Å². The Balaban J connectivity index is 1.51. The molecule has 0 spiro atoms. The third kappa shape index (κ3) is 5.01. The minimum absolute atomic E-state index is 0.0361. The van der Waals surface area contributed by atoms with Gasteiger partial charge in [0.05, 0.1) is 25.9 Å². The van der Waals surface area contributed by atoms with Crippen LogP contribution in [0.25, 0.3) is 0 Å². The number of hydrogen-bond donors (Lipinski definition) is 2. The summed E-state index contributed by atoms with van der Waals surface area (Å²) < 4.78 is 10.9. The van der Waals surface area contributed by atoms with Gasteiger partial charge in [0.25, 0.3) is 0 Å². The van der Waals surface area contributed by atoms with E-state index >= 15 is 0 Å². The summed E-state index contributed by atoms with van der Waals surface area (Å²) in [5.41, 5.74) is 5.81. The van der Waals surface area contributed by atoms with E-state index in [0.29, 0.717) is 19.8 Å². The summed E-state index contributed by atoms with van der Waals surface area (Å²) in [7, 11) is 1.66. The number of benzene rings is 2. The smallest absolute Gasteiger partial charge is 0.239 e. The topological polar surface area (TPSA) is 59.6 Å². The first-order valence-electron chi connectivity index (χ1n) is 9.56. The fourth-order valence-corrected chi connectivity index (χ4v) is 3.41. The number of fused-ring (bicyclic) bond motifs is 1. The third-order valence-corrected chi connectivity index (χ3v) is 4.88. The maximum absolute atomic E-state index is 12.3. The van der Waals surface area contributed by atoms with Crippen molar-refractivity contribution in [3.63, 3.8) is 0 Å². The molecule has 1 aliphatic carbocycles. The molecule has 1 aliphatic rings. The SMILES string of the molecule is CCOCc1ccc(CNC(=O)CNc2c(OC)ccc3c2CCC3)cc1. The fourth-order valence-electron chi connectivity index (χ4n) is 3.41. The average molecular weight is 368 g/mol. The van der Waals surface area contributed by atoms with Gasteiger partial charge < -0.3 is 20.1 Å². The minimum atomic E-state index is -0.0361. The number of anilines is 1. The van der Waals surface area contributed by atoms with E-state index in [4.69, 9.17) is 9.47 Å². The molecule has 5 heteroatoms. The Hall–Kier alpha value is -2.53. The Labute approximate surface area is 161 Å². The van der Waals surface area contributed by atoms with E-state index in [1.807, 2.05) is 37.3 Å².